The lowest BCUT2D eigenvalue weighted by atomic mass is 9.71. The van der Waals surface area contributed by atoms with Crippen LogP contribution in [-0.4, -0.2) is 11.7 Å². The monoisotopic (exact) mass is 222 g/mol. The van der Waals surface area contributed by atoms with Gasteiger partial charge in [-0.25, -0.2) is 0 Å². The van der Waals surface area contributed by atoms with Crippen LogP contribution in [-0.2, 0) is 0 Å². The molecule has 0 bridgehead atoms. The molecule has 0 aliphatic heterocycles. The molecule has 1 nitrogen and oxygen atoms in total. The van der Waals surface area contributed by atoms with E-state index in [9.17, 15) is 5.11 Å². The van der Waals surface area contributed by atoms with Crippen LogP contribution >= 0.6 is 0 Å². The zero-order valence-corrected chi connectivity index (χ0v) is 11.4. The molecule has 0 radical (unpaired) electrons. The van der Waals surface area contributed by atoms with E-state index >= 15 is 0 Å². The van der Waals surface area contributed by atoms with Gasteiger partial charge < -0.3 is 5.11 Å². The highest BCUT2D eigenvalue weighted by molar-refractivity contribution is 5.20. The average Bonchev–Trinajstić information content (AvgIpc) is 2.50. The van der Waals surface area contributed by atoms with Crippen molar-refractivity contribution >= 4 is 0 Å². The van der Waals surface area contributed by atoms with Gasteiger partial charge in [0.25, 0.3) is 0 Å². The summed E-state index contributed by atoms with van der Waals surface area (Å²) in [6.45, 7) is 11.5. The lowest BCUT2D eigenvalue weighted by molar-refractivity contribution is 0.237. The molecule has 92 valence electrons. The largest absolute Gasteiger partial charge is 0.392 e. The normalized spacial score (nSPS) is 26.8. The van der Waals surface area contributed by atoms with Gasteiger partial charge in [-0.2, -0.15) is 0 Å². The average molecular weight is 222 g/mol. The van der Waals surface area contributed by atoms with Crippen LogP contribution in [0.2, 0.25) is 0 Å². The Kier molecular flexibility index (Phi) is 4.37. The van der Waals surface area contributed by atoms with Gasteiger partial charge in [-0.1, -0.05) is 45.4 Å². The number of aliphatic hydroxyl groups excluding tert-OH is 1. The summed E-state index contributed by atoms with van der Waals surface area (Å²) in [6.07, 6.45) is 6.79. The third-order valence-electron chi connectivity index (χ3n) is 4.41. The number of allylic oxidation sites excluding steroid dienone is 3. The number of rotatable bonds is 4. The number of hydrogen-bond donors (Lipinski definition) is 1. The second kappa shape index (κ2) is 5.18. The molecular formula is C15H26O. The zero-order valence-electron chi connectivity index (χ0n) is 11.4. The first-order valence-corrected chi connectivity index (χ1v) is 6.41. The van der Waals surface area contributed by atoms with E-state index in [1.54, 1.807) is 0 Å². The molecule has 1 aliphatic carbocycles. The molecule has 1 N–H and O–H groups in total. The Bertz CT molecular complexity index is 291. The minimum absolute atomic E-state index is 0.209. The predicted molar refractivity (Wildman–Crippen MR) is 70.3 cm³/mol. The molecule has 0 heterocycles. The Balaban J connectivity index is 2.77. The fourth-order valence-corrected chi connectivity index (χ4v) is 2.80. The van der Waals surface area contributed by atoms with Crippen LogP contribution in [0.3, 0.4) is 0 Å². The topological polar surface area (TPSA) is 20.2 Å². The minimum atomic E-state index is 0.209. The summed E-state index contributed by atoms with van der Waals surface area (Å²) in [6, 6.07) is 0. The zero-order chi connectivity index (χ0) is 12.3. The molecule has 1 aliphatic rings. The Labute approximate surface area is 100 Å². The maximum Gasteiger partial charge on any atom is 0.0641 e. The van der Waals surface area contributed by atoms with Crippen molar-refractivity contribution in [2.24, 2.45) is 17.3 Å². The van der Waals surface area contributed by atoms with E-state index in [2.05, 4.69) is 46.8 Å². The van der Waals surface area contributed by atoms with Gasteiger partial charge in [0.1, 0.15) is 0 Å². The molecule has 2 atom stereocenters. The highest BCUT2D eigenvalue weighted by Crippen LogP contribution is 2.47. The summed E-state index contributed by atoms with van der Waals surface area (Å²) < 4.78 is 0. The lowest BCUT2D eigenvalue weighted by Gasteiger charge is -2.33. The van der Waals surface area contributed by atoms with E-state index in [0.717, 1.165) is 6.42 Å². The van der Waals surface area contributed by atoms with Crippen LogP contribution in [0.4, 0.5) is 0 Å². The first kappa shape index (κ1) is 13.5. The van der Waals surface area contributed by atoms with Gasteiger partial charge in [-0.15, -0.1) is 0 Å². The van der Waals surface area contributed by atoms with Gasteiger partial charge in [0.2, 0.25) is 0 Å². The van der Waals surface area contributed by atoms with Crippen molar-refractivity contribution in [2.75, 3.05) is 6.61 Å². The third kappa shape index (κ3) is 2.57. The molecule has 0 aromatic heterocycles. The smallest absolute Gasteiger partial charge is 0.0641 e. The van der Waals surface area contributed by atoms with E-state index in [4.69, 9.17) is 0 Å². The van der Waals surface area contributed by atoms with Crippen LogP contribution in [0.15, 0.2) is 23.3 Å². The fraction of sp³-hybridized carbons (Fsp3) is 0.733. The summed E-state index contributed by atoms with van der Waals surface area (Å²) >= 11 is 0. The maximum atomic E-state index is 9.22. The van der Waals surface area contributed by atoms with E-state index in [1.165, 1.54) is 17.6 Å². The van der Waals surface area contributed by atoms with Crippen LogP contribution in [0, 0.1) is 17.3 Å². The highest BCUT2D eigenvalue weighted by Gasteiger charge is 2.37. The minimum Gasteiger partial charge on any atom is -0.392 e. The van der Waals surface area contributed by atoms with Crippen molar-refractivity contribution in [3.8, 4) is 0 Å². The Morgan fingerprint density at radius 3 is 2.62 bits per heavy atom. The Morgan fingerprint density at radius 1 is 1.62 bits per heavy atom. The van der Waals surface area contributed by atoms with Crippen molar-refractivity contribution in [2.45, 2.75) is 47.5 Å². The van der Waals surface area contributed by atoms with Crippen molar-refractivity contribution < 1.29 is 5.11 Å². The van der Waals surface area contributed by atoms with Crippen LogP contribution < -0.4 is 0 Å². The first-order chi connectivity index (χ1) is 7.43. The van der Waals surface area contributed by atoms with Crippen molar-refractivity contribution in [1.29, 1.82) is 0 Å². The van der Waals surface area contributed by atoms with Crippen molar-refractivity contribution in [3.05, 3.63) is 23.3 Å². The molecule has 0 saturated heterocycles. The molecule has 0 fully saturated rings. The quantitative estimate of drug-likeness (QED) is 0.714. The van der Waals surface area contributed by atoms with E-state index in [0.29, 0.717) is 17.3 Å². The van der Waals surface area contributed by atoms with Gasteiger partial charge in [0.15, 0.2) is 0 Å². The number of hydrogen-bond acceptors (Lipinski definition) is 1. The summed E-state index contributed by atoms with van der Waals surface area (Å²) in [5.41, 5.74) is 3.00. The second-order valence-corrected chi connectivity index (χ2v) is 5.65. The van der Waals surface area contributed by atoms with Gasteiger partial charge in [-0.05, 0) is 42.6 Å². The predicted octanol–water partition coefficient (Wildman–Crippen LogP) is 3.94. The van der Waals surface area contributed by atoms with E-state index in [-0.39, 0.29) is 6.61 Å². The van der Waals surface area contributed by atoms with Crippen LogP contribution in [0.25, 0.3) is 0 Å². The highest BCUT2D eigenvalue weighted by atomic mass is 16.3. The van der Waals surface area contributed by atoms with Gasteiger partial charge >= 0.3 is 0 Å². The van der Waals surface area contributed by atoms with Crippen LogP contribution in [0.1, 0.15) is 47.5 Å². The molecule has 0 spiro atoms. The van der Waals surface area contributed by atoms with Gasteiger partial charge in [0.05, 0.1) is 6.61 Å². The molecular weight excluding hydrogens is 196 g/mol. The second-order valence-electron chi connectivity index (χ2n) is 5.65. The van der Waals surface area contributed by atoms with Gasteiger partial charge in [0, 0.05) is 0 Å². The molecule has 16 heavy (non-hydrogen) atoms. The fourth-order valence-electron chi connectivity index (χ4n) is 2.80. The molecule has 0 amide bonds. The SMILES string of the molecule is CCC(=CC(C)C1CC=C(C)C1(C)C)CO. The molecule has 0 aromatic carbocycles. The van der Waals surface area contributed by atoms with Crippen molar-refractivity contribution in [1.82, 2.24) is 0 Å². The molecule has 0 saturated carbocycles. The van der Waals surface area contributed by atoms with E-state index in [1.807, 2.05) is 0 Å². The molecule has 2 unspecified atom stereocenters. The van der Waals surface area contributed by atoms with Crippen LogP contribution in [0.5, 0.6) is 0 Å². The Morgan fingerprint density at radius 2 is 2.25 bits per heavy atom. The molecule has 1 heteroatoms. The summed E-state index contributed by atoms with van der Waals surface area (Å²) in [7, 11) is 0. The first-order valence-electron chi connectivity index (χ1n) is 6.41. The van der Waals surface area contributed by atoms with E-state index < -0.39 is 0 Å². The standard InChI is InChI=1S/C15H26O/c1-6-13(10-16)9-11(2)14-8-7-12(3)15(14,4)5/h7,9,11,14,16H,6,8,10H2,1-5H3. The summed E-state index contributed by atoms with van der Waals surface area (Å²) in [4.78, 5) is 0. The van der Waals surface area contributed by atoms with Crippen molar-refractivity contribution in [3.63, 3.8) is 0 Å². The molecule has 1 rings (SSSR count). The van der Waals surface area contributed by atoms with Gasteiger partial charge in [-0.3, -0.25) is 0 Å². The lowest BCUT2D eigenvalue weighted by Crippen LogP contribution is -2.25. The summed E-state index contributed by atoms with van der Waals surface area (Å²) in [5.74, 6) is 1.23. The number of aliphatic hydroxyl groups is 1. The summed E-state index contributed by atoms with van der Waals surface area (Å²) in [5, 5.41) is 9.22. The third-order valence-corrected chi connectivity index (χ3v) is 4.41. The maximum absolute atomic E-state index is 9.22. The Hall–Kier alpha value is -0.560. The molecule has 0 aromatic rings.